The van der Waals surface area contributed by atoms with E-state index in [0.717, 1.165) is 18.7 Å². The van der Waals surface area contributed by atoms with Crippen LogP contribution in [0.25, 0.3) is 0 Å². The van der Waals surface area contributed by atoms with Crippen molar-refractivity contribution >= 4 is 5.69 Å². The minimum Gasteiger partial charge on any atom is -0.371 e. The fraction of sp³-hybridized carbons (Fsp3) is 0.688. The molecular weight excluding hydrogens is 248 g/mol. The van der Waals surface area contributed by atoms with Gasteiger partial charge in [-0.05, 0) is 51.9 Å². The molecule has 0 aromatic carbocycles. The third-order valence-corrected chi connectivity index (χ3v) is 4.80. The minimum atomic E-state index is 0.0501. The van der Waals surface area contributed by atoms with E-state index in [0.29, 0.717) is 5.54 Å². The van der Waals surface area contributed by atoms with E-state index in [9.17, 15) is 0 Å². The Kier molecular flexibility index (Phi) is 4.66. The number of anilines is 1. The molecule has 0 spiro atoms. The Bertz CT molecular complexity index is 423. The van der Waals surface area contributed by atoms with Crippen molar-refractivity contribution in [3.8, 4) is 0 Å². The molecule has 1 aliphatic carbocycles. The van der Waals surface area contributed by atoms with Crippen LogP contribution in [-0.2, 0) is 0 Å². The van der Waals surface area contributed by atoms with E-state index in [-0.39, 0.29) is 6.04 Å². The predicted molar refractivity (Wildman–Crippen MR) is 85.0 cm³/mol. The number of pyridine rings is 1. The zero-order valence-corrected chi connectivity index (χ0v) is 13.3. The number of rotatable bonds is 6. The molecule has 1 atom stereocenters. The fourth-order valence-corrected chi connectivity index (χ4v) is 2.92. The van der Waals surface area contributed by atoms with E-state index in [4.69, 9.17) is 5.73 Å². The van der Waals surface area contributed by atoms with Crippen LogP contribution in [0.5, 0.6) is 0 Å². The third-order valence-electron chi connectivity index (χ3n) is 4.80. The fourth-order valence-electron chi connectivity index (χ4n) is 2.92. The summed E-state index contributed by atoms with van der Waals surface area (Å²) in [6.07, 6.45) is 6.79. The summed E-state index contributed by atoms with van der Waals surface area (Å²) in [6.45, 7) is 3.14. The summed E-state index contributed by atoms with van der Waals surface area (Å²) in [5.74, 6) is 0. The Balaban J connectivity index is 2.04. The van der Waals surface area contributed by atoms with Crippen LogP contribution in [0.4, 0.5) is 5.69 Å². The number of hydrogen-bond donors (Lipinski definition) is 1. The maximum Gasteiger partial charge on any atom is 0.0572 e. The molecule has 1 aliphatic rings. The molecule has 0 saturated heterocycles. The molecule has 112 valence electrons. The molecule has 0 unspecified atom stereocenters. The highest BCUT2D eigenvalue weighted by Crippen LogP contribution is 2.37. The van der Waals surface area contributed by atoms with E-state index in [1.807, 2.05) is 6.20 Å². The lowest BCUT2D eigenvalue weighted by atomic mass is 9.75. The van der Waals surface area contributed by atoms with Gasteiger partial charge in [-0.15, -0.1) is 0 Å². The van der Waals surface area contributed by atoms with Gasteiger partial charge in [0.2, 0.25) is 0 Å². The first-order chi connectivity index (χ1) is 9.48. The Labute approximate surface area is 123 Å². The SMILES string of the molecule is CC[C@@H](N)c1ccc(N(C)CC2(N(C)C)CCC2)cn1. The normalized spacial score (nSPS) is 18.7. The Morgan fingerprint density at radius 1 is 1.30 bits per heavy atom. The van der Waals surface area contributed by atoms with Gasteiger partial charge in [-0.2, -0.15) is 0 Å². The molecule has 1 fully saturated rings. The number of nitrogens with two attached hydrogens (primary N) is 1. The lowest BCUT2D eigenvalue weighted by Gasteiger charge is -2.49. The van der Waals surface area contributed by atoms with Crippen LogP contribution < -0.4 is 10.6 Å². The second kappa shape index (κ2) is 6.10. The van der Waals surface area contributed by atoms with Crippen LogP contribution in [0.3, 0.4) is 0 Å². The van der Waals surface area contributed by atoms with Gasteiger partial charge in [0, 0.05) is 25.2 Å². The molecule has 20 heavy (non-hydrogen) atoms. The average Bonchev–Trinajstić information content (AvgIpc) is 2.41. The first kappa shape index (κ1) is 15.3. The molecule has 4 heteroatoms. The average molecular weight is 276 g/mol. The Morgan fingerprint density at radius 2 is 2.00 bits per heavy atom. The lowest BCUT2D eigenvalue weighted by Crippen LogP contribution is -2.56. The second-order valence-corrected chi connectivity index (χ2v) is 6.28. The Morgan fingerprint density at radius 3 is 2.40 bits per heavy atom. The maximum atomic E-state index is 6.01. The van der Waals surface area contributed by atoms with Crippen molar-refractivity contribution in [1.29, 1.82) is 0 Å². The molecular formula is C16H28N4. The van der Waals surface area contributed by atoms with E-state index < -0.39 is 0 Å². The van der Waals surface area contributed by atoms with Gasteiger partial charge < -0.3 is 15.5 Å². The molecule has 1 heterocycles. The van der Waals surface area contributed by atoms with Crippen molar-refractivity contribution < 1.29 is 0 Å². The maximum absolute atomic E-state index is 6.01. The summed E-state index contributed by atoms with van der Waals surface area (Å²) < 4.78 is 0. The van der Waals surface area contributed by atoms with Gasteiger partial charge >= 0.3 is 0 Å². The second-order valence-electron chi connectivity index (χ2n) is 6.28. The summed E-state index contributed by atoms with van der Waals surface area (Å²) in [5.41, 5.74) is 8.50. The van der Waals surface area contributed by atoms with E-state index in [1.54, 1.807) is 0 Å². The molecule has 1 saturated carbocycles. The van der Waals surface area contributed by atoms with E-state index in [1.165, 1.54) is 24.9 Å². The molecule has 2 N–H and O–H groups in total. The molecule has 0 radical (unpaired) electrons. The van der Waals surface area contributed by atoms with Crippen molar-refractivity contribution in [3.05, 3.63) is 24.0 Å². The standard InChI is InChI=1S/C16H28N4/c1-5-14(17)15-8-7-13(11-18-15)20(4)12-16(19(2)3)9-6-10-16/h7-8,11,14H,5-6,9-10,12,17H2,1-4H3/t14-/m1/s1. The van der Waals surface area contributed by atoms with Crippen molar-refractivity contribution in [1.82, 2.24) is 9.88 Å². The van der Waals surface area contributed by atoms with Gasteiger partial charge in [-0.3, -0.25) is 4.98 Å². The van der Waals surface area contributed by atoms with Crippen LogP contribution in [0.15, 0.2) is 18.3 Å². The van der Waals surface area contributed by atoms with Crippen molar-refractivity contribution in [3.63, 3.8) is 0 Å². The Hall–Kier alpha value is -1.13. The van der Waals surface area contributed by atoms with Gasteiger partial charge in [-0.25, -0.2) is 0 Å². The summed E-state index contributed by atoms with van der Waals surface area (Å²) in [7, 11) is 6.53. The topological polar surface area (TPSA) is 45.4 Å². The molecule has 1 aromatic heterocycles. The predicted octanol–water partition coefficient (Wildman–Crippen LogP) is 2.41. The number of aromatic nitrogens is 1. The highest BCUT2D eigenvalue weighted by atomic mass is 15.2. The summed E-state index contributed by atoms with van der Waals surface area (Å²) >= 11 is 0. The van der Waals surface area contributed by atoms with Crippen LogP contribution in [0.1, 0.15) is 44.3 Å². The minimum absolute atomic E-state index is 0.0501. The molecule has 1 aromatic rings. The first-order valence-corrected chi connectivity index (χ1v) is 7.58. The zero-order chi connectivity index (χ0) is 14.8. The number of hydrogen-bond acceptors (Lipinski definition) is 4. The van der Waals surface area contributed by atoms with Gasteiger partial charge in [0.1, 0.15) is 0 Å². The van der Waals surface area contributed by atoms with Crippen molar-refractivity contribution in [2.45, 2.75) is 44.2 Å². The monoisotopic (exact) mass is 276 g/mol. The van der Waals surface area contributed by atoms with Crippen LogP contribution >= 0.6 is 0 Å². The smallest absolute Gasteiger partial charge is 0.0572 e. The molecule has 0 aliphatic heterocycles. The third kappa shape index (κ3) is 2.96. The molecule has 4 nitrogen and oxygen atoms in total. The van der Waals surface area contributed by atoms with Crippen molar-refractivity contribution in [2.75, 3.05) is 32.6 Å². The first-order valence-electron chi connectivity index (χ1n) is 7.58. The highest BCUT2D eigenvalue weighted by molar-refractivity contribution is 5.44. The lowest BCUT2D eigenvalue weighted by molar-refractivity contribution is 0.0683. The van der Waals surface area contributed by atoms with Crippen LogP contribution in [0.2, 0.25) is 0 Å². The molecule has 0 amide bonds. The van der Waals surface area contributed by atoms with Crippen LogP contribution in [0, 0.1) is 0 Å². The van der Waals surface area contributed by atoms with E-state index in [2.05, 4.69) is 55.0 Å². The van der Waals surface area contributed by atoms with Crippen molar-refractivity contribution in [2.24, 2.45) is 5.73 Å². The molecule has 2 rings (SSSR count). The number of nitrogens with zero attached hydrogens (tertiary/aromatic N) is 3. The summed E-state index contributed by atoms with van der Waals surface area (Å²) in [5, 5.41) is 0. The van der Waals surface area contributed by atoms with Gasteiger partial charge in [-0.1, -0.05) is 6.92 Å². The largest absolute Gasteiger partial charge is 0.371 e. The summed E-state index contributed by atoms with van der Waals surface area (Å²) in [6, 6.07) is 4.25. The zero-order valence-electron chi connectivity index (χ0n) is 13.3. The van der Waals surface area contributed by atoms with Gasteiger partial charge in [0.25, 0.3) is 0 Å². The summed E-state index contributed by atoms with van der Waals surface area (Å²) in [4.78, 5) is 9.20. The molecule has 0 bridgehead atoms. The van der Waals surface area contributed by atoms with E-state index >= 15 is 0 Å². The quantitative estimate of drug-likeness (QED) is 0.866. The van der Waals surface area contributed by atoms with Crippen LogP contribution in [-0.4, -0.2) is 43.1 Å². The van der Waals surface area contributed by atoms with Gasteiger partial charge in [0.15, 0.2) is 0 Å². The highest BCUT2D eigenvalue weighted by Gasteiger charge is 2.39. The van der Waals surface area contributed by atoms with Gasteiger partial charge in [0.05, 0.1) is 17.6 Å². The number of likely N-dealkylation sites (N-methyl/N-ethyl adjacent to an activating group) is 2.